The average molecular weight is 602 g/mol. The van der Waals surface area contributed by atoms with E-state index in [1.165, 1.54) is 37.3 Å². The number of rotatable bonds is 2. The molecule has 0 saturated heterocycles. The summed E-state index contributed by atoms with van der Waals surface area (Å²) in [6, 6.07) is 24.2. The number of fused-ring (bicyclic) bond motifs is 2. The van der Waals surface area contributed by atoms with Crippen molar-refractivity contribution in [2.45, 2.75) is 20.0 Å². The predicted octanol–water partition coefficient (Wildman–Crippen LogP) is 7.69. The van der Waals surface area contributed by atoms with Gasteiger partial charge in [-0.25, -0.2) is 0 Å². The van der Waals surface area contributed by atoms with E-state index in [1.807, 2.05) is 24.3 Å². The van der Waals surface area contributed by atoms with Crippen molar-refractivity contribution >= 4 is 33.4 Å². The molecule has 5 rings (SSSR count). The molecule has 2 aliphatic carbocycles. The summed E-state index contributed by atoms with van der Waals surface area (Å²) in [5, 5.41) is 69.9. The molecule has 0 aliphatic heterocycles. The fourth-order valence-electron chi connectivity index (χ4n) is 5.90. The molecule has 3 aromatic carbocycles. The van der Waals surface area contributed by atoms with Crippen LogP contribution in [0.25, 0.3) is 33.4 Å². The number of halogens is 3. The van der Waals surface area contributed by atoms with Crippen LogP contribution in [0.3, 0.4) is 0 Å². The molecular formula is C36H14F3N7. The minimum absolute atomic E-state index is 0.0108. The lowest BCUT2D eigenvalue weighted by Gasteiger charge is -2.16. The maximum absolute atomic E-state index is 14.3. The first kappa shape index (κ1) is 30.3. The largest absolute Gasteiger partial charge is 0.417 e. The molecule has 3 aromatic rings. The Balaban J connectivity index is 1.96. The third-order valence-electron chi connectivity index (χ3n) is 7.78. The van der Waals surface area contributed by atoms with E-state index in [4.69, 9.17) is 0 Å². The lowest BCUT2D eigenvalue weighted by molar-refractivity contribution is -0.137. The van der Waals surface area contributed by atoms with Crippen LogP contribution in [0.2, 0.25) is 0 Å². The van der Waals surface area contributed by atoms with Crippen LogP contribution >= 0.6 is 0 Å². The molecule has 0 aromatic heterocycles. The number of hydrogen-bond acceptors (Lipinski definition) is 7. The van der Waals surface area contributed by atoms with Crippen LogP contribution in [0.15, 0.2) is 59.7 Å². The fourth-order valence-corrected chi connectivity index (χ4v) is 5.90. The van der Waals surface area contributed by atoms with E-state index in [-0.39, 0.29) is 61.3 Å². The van der Waals surface area contributed by atoms with E-state index in [1.54, 1.807) is 31.2 Å². The normalized spacial score (nSPS) is 12.9. The molecule has 46 heavy (non-hydrogen) atoms. The molecule has 0 radical (unpaired) electrons. The number of nitriles is 7. The first-order valence-electron chi connectivity index (χ1n) is 13.3. The molecule has 0 spiro atoms. The van der Waals surface area contributed by atoms with Gasteiger partial charge in [0.25, 0.3) is 0 Å². The lowest BCUT2D eigenvalue weighted by Crippen LogP contribution is -2.10. The maximum atomic E-state index is 14.3. The van der Waals surface area contributed by atoms with Crippen LogP contribution in [-0.2, 0) is 6.18 Å². The summed E-state index contributed by atoms with van der Waals surface area (Å²) in [6.07, 6.45) is -4.86. The molecule has 0 amide bonds. The summed E-state index contributed by atoms with van der Waals surface area (Å²) in [6.45, 7) is 3.16. The van der Waals surface area contributed by atoms with E-state index in [0.29, 0.717) is 22.3 Å². The van der Waals surface area contributed by atoms with Crippen LogP contribution in [0, 0.1) is 93.2 Å². The molecule has 2 aliphatic rings. The number of allylic oxidation sites excluding steroid dienone is 8. The minimum Gasteiger partial charge on any atom is -0.192 e. The van der Waals surface area contributed by atoms with Crippen LogP contribution in [-0.4, -0.2) is 0 Å². The quantitative estimate of drug-likeness (QED) is 0.271. The molecular weight excluding hydrogens is 587 g/mol. The van der Waals surface area contributed by atoms with Gasteiger partial charge < -0.3 is 0 Å². The molecule has 0 heterocycles. The van der Waals surface area contributed by atoms with Crippen molar-refractivity contribution in [2.75, 3.05) is 0 Å². The first-order valence-corrected chi connectivity index (χ1v) is 13.3. The first-order chi connectivity index (χ1) is 22.0. The molecule has 10 heteroatoms. The summed E-state index contributed by atoms with van der Waals surface area (Å²) < 4.78 is 43.0. The van der Waals surface area contributed by atoms with E-state index in [9.17, 15) is 50.0 Å². The van der Waals surface area contributed by atoms with Crippen LogP contribution < -0.4 is 0 Å². The second kappa shape index (κ2) is 11.2. The van der Waals surface area contributed by atoms with Gasteiger partial charge >= 0.3 is 6.18 Å². The van der Waals surface area contributed by atoms with Crippen molar-refractivity contribution in [2.24, 2.45) is 0 Å². The summed E-state index contributed by atoms with van der Waals surface area (Å²) in [4.78, 5) is 0. The van der Waals surface area contributed by atoms with Crippen molar-refractivity contribution < 1.29 is 13.2 Å². The van der Waals surface area contributed by atoms with Gasteiger partial charge in [0.05, 0.1) is 28.3 Å². The summed E-state index contributed by atoms with van der Waals surface area (Å²) in [5.74, 6) is 0. The van der Waals surface area contributed by atoms with Gasteiger partial charge in [-0.3, -0.25) is 0 Å². The lowest BCUT2D eigenvalue weighted by atomic mass is 9.88. The zero-order valence-corrected chi connectivity index (χ0v) is 23.9. The van der Waals surface area contributed by atoms with E-state index < -0.39 is 22.9 Å². The molecule has 0 atom stereocenters. The Bertz CT molecular complexity index is 2350. The van der Waals surface area contributed by atoms with Crippen molar-refractivity contribution in [3.63, 3.8) is 0 Å². The molecule has 0 saturated carbocycles. The van der Waals surface area contributed by atoms with Gasteiger partial charge in [-0.2, -0.15) is 50.0 Å². The zero-order chi connectivity index (χ0) is 33.5. The topological polar surface area (TPSA) is 167 Å². The number of aryl methyl sites for hydroxylation is 2. The smallest absolute Gasteiger partial charge is 0.192 e. The van der Waals surface area contributed by atoms with Gasteiger partial charge in [0, 0.05) is 33.4 Å². The van der Waals surface area contributed by atoms with Gasteiger partial charge in [0.2, 0.25) is 0 Å². The Labute approximate surface area is 261 Å². The predicted molar refractivity (Wildman–Crippen MR) is 160 cm³/mol. The van der Waals surface area contributed by atoms with Crippen molar-refractivity contribution in [3.8, 4) is 42.5 Å². The van der Waals surface area contributed by atoms with Crippen molar-refractivity contribution in [3.05, 3.63) is 115 Å². The molecule has 0 N–H and O–H groups in total. The summed E-state index contributed by atoms with van der Waals surface area (Å²) >= 11 is 0. The number of nitrogens with zero attached hydrogens (tertiary/aromatic N) is 7. The van der Waals surface area contributed by atoms with Gasteiger partial charge in [-0.15, -0.1) is 0 Å². The average Bonchev–Trinajstić information content (AvgIpc) is 3.52. The van der Waals surface area contributed by atoms with Crippen LogP contribution in [0.4, 0.5) is 13.2 Å². The van der Waals surface area contributed by atoms with Crippen molar-refractivity contribution in [1.82, 2.24) is 0 Å². The monoisotopic (exact) mass is 601 g/mol. The molecule has 214 valence electrons. The molecule has 7 nitrogen and oxygen atoms in total. The Hall–Kier alpha value is -7.16. The third-order valence-corrected chi connectivity index (χ3v) is 7.78. The van der Waals surface area contributed by atoms with Gasteiger partial charge in [-0.05, 0) is 72.0 Å². The highest BCUT2D eigenvalue weighted by Crippen LogP contribution is 2.55. The minimum atomic E-state index is -4.86. The standard InChI is InChI=1S/C36H14F3N7/c1-18-3-5-24(31(7-18)36(37,38)39)35-30(17-46)26-10-27-25(9-28(26)33(35)22(14-43)15-44)29(16-45)34(32(27)21(12-41)13-42)23-6-4-20(11-40)8-19(23)2/h3-10H,1-2H3. The Morgan fingerprint density at radius 1 is 0.543 bits per heavy atom. The number of alkyl halides is 3. The molecule has 0 unspecified atom stereocenters. The highest BCUT2D eigenvalue weighted by molar-refractivity contribution is 6.30. The molecule has 0 fully saturated rings. The number of hydrogen-bond donors (Lipinski definition) is 0. The van der Waals surface area contributed by atoms with Gasteiger partial charge in [0.1, 0.15) is 47.6 Å². The van der Waals surface area contributed by atoms with E-state index >= 15 is 0 Å². The van der Waals surface area contributed by atoms with Crippen LogP contribution in [0.1, 0.15) is 55.6 Å². The maximum Gasteiger partial charge on any atom is 0.417 e. The summed E-state index contributed by atoms with van der Waals surface area (Å²) in [5.41, 5.74) is -0.723. The second-order valence-corrected chi connectivity index (χ2v) is 10.3. The zero-order valence-electron chi connectivity index (χ0n) is 23.9. The molecule has 0 bridgehead atoms. The van der Waals surface area contributed by atoms with Crippen molar-refractivity contribution in [1.29, 1.82) is 36.8 Å². The highest BCUT2D eigenvalue weighted by atomic mass is 19.4. The number of benzene rings is 3. The van der Waals surface area contributed by atoms with E-state index in [2.05, 4.69) is 6.07 Å². The van der Waals surface area contributed by atoms with Gasteiger partial charge in [-0.1, -0.05) is 23.8 Å². The Morgan fingerprint density at radius 3 is 1.43 bits per heavy atom. The SMILES string of the molecule is Cc1ccc(C2=C(C#N)c3cc4c(cc3C2=C(C#N)C#N)C(C#N)=C(c2ccc(C#N)cc2C)C4=C(C#N)C#N)c(C(F)(F)F)c1. The van der Waals surface area contributed by atoms with Crippen LogP contribution in [0.5, 0.6) is 0 Å². The Kier molecular flexibility index (Phi) is 7.35. The van der Waals surface area contributed by atoms with E-state index in [0.717, 1.165) is 6.07 Å². The Morgan fingerprint density at radius 2 is 1.02 bits per heavy atom. The second-order valence-electron chi connectivity index (χ2n) is 10.3. The third kappa shape index (κ3) is 4.47. The highest BCUT2D eigenvalue weighted by Gasteiger charge is 2.41. The summed E-state index contributed by atoms with van der Waals surface area (Å²) in [7, 11) is 0. The van der Waals surface area contributed by atoms with Gasteiger partial charge in [0.15, 0.2) is 0 Å². The fraction of sp³-hybridized carbons (Fsp3) is 0.0833.